The first-order valence-corrected chi connectivity index (χ1v) is 8.00. The minimum atomic E-state index is 0.336. The van der Waals surface area contributed by atoms with Crippen LogP contribution in [0.3, 0.4) is 0 Å². The van der Waals surface area contributed by atoms with Gasteiger partial charge in [0.15, 0.2) is 10.8 Å². The van der Waals surface area contributed by atoms with Gasteiger partial charge in [0.25, 0.3) is 0 Å². The van der Waals surface area contributed by atoms with Crippen LogP contribution in [0.2, 0.25) is 10.0 Å². The highest BCUT2D eigenvalue weighted by Crippen LogP contribution is 2.38. The fourth-order valence-corrected chi connectivity index (χ4v) is 2.95. The van der Waals surface area contributed by atoms with Crippen LogP contribution >= 0.6 is 35.0 Å². The van der Waals surface area contributed by atoms with E-state index >= 15 is 0 Å². The minimum absolute atomic E-state index is 0.336. The van der Waals surface area contributed by atoms with Gasteiger partial charge < -0.3 is 5.73 Å². The molecule has 0 unspecified atom stereocenters. The summed E-state index contributed by atoms with van der Waals surface area (Å²) < 4.78 is 0. The summed E-state index contributed by atoms with van der Waals surface area (Å²) in [6, 6.07) is 7.17. The average molecular weight is 337 g/mol. The summed E-state index contributed by atoms with van der Waals surface area (Å²) in [6.45, 7) is 0. The summed E-state index contributed by atoms with van der Waals surface area (Å²) in [5.41, 5.74) is 7.95. The molecule has 1 aromatic carbocycles. The fourth-order valence-electron chi connectivity index (χ4n) is 2.02. The van der Waals surface area contributed by atoms with Crippen LogP contribution < -0.4 is 5.73 Å². The number of thioether (sulfide) groups is 1. The molecule has 2 N–H and O–H groups in total. The number of nitrogens with zero attached hydrogens (tertiary/aromatic N) is 3. The van der Waals surface area contributed by atoms with Crippen molar-refractivity contribution in [2.75, 3.05) is 12.0 Å². The predicted octanol–water partition coefficient (Wildman–Crippen LogP) is 4.30. The highest BCUT2D eigenvalue weighted by molar-refractivity contribution is 7.98. The van der Waals surface area contributed by atoms with Crippen molar-refractivity contribution in [1.29, 1.82) is 0 Å². The normalized spacial score (nSPS) is 11.0. The number of nitrogen functional groups attached to an aromatic ring is 1. The number of pyridine rings is 1. The van der Waals surface area contributed by atoms with Gasteiger partial charge >= 0.3 is 0 Å². The van der Waals surface area contributed by atoms with E-state index in [0.717, 1.165) is 5.39 Å². The van der Waals surface area contributed by atoms with E-state index in [2.05, 4.69) is 15.0 Å². The van der Waals surface area contributed by atoms with E-state index < -0.39 is 0 Å². The van der Waals surface area contributed by atoms with E-state index in [4.69, 9.17) is 28.9 Å². The molecule has 0 atom stereocenters. The largest absolute Gasteiger partial charge is 0.383 e. The molecule has 2 aromatic heterocycles. The molecule has 2 heterocycles. The Morgan fingerprint density at radius 2 is 1.86 bits per heavy atom. The van der Waals surface area contributed by atoms with Gasteiger partial charge in [-0.2, -0.15) is 0 Å². The third-order valence-electron chi connectivity index (χ3n) is 2.99. The van der Waals surface area contributed by atoms with Gasteiger partial charge in [-0.05, 0) is 24.5 Å². The number of benzene rings is 1. The van der Waals surface area contributed by atoms with Crippen LogP contribution in [0.1, 0.15) is 0 Å². The Balaban J connectivity index is 2.27. The monoisotopic (exact) mass is 336 g/mol. The van der Waals surface area contributed by atoms with Crippen molar-refractivity contribution < 1.29 is 0 Å². The first-order valence-electron chi connectivity index (χ1n) is 6.02. The number of hydrogen-bond acceptors (Lipinski definition) is 5. The number of rotatable bonds is 2. The van der Waals surface area contributed by atoms with E-state index in [1.807, 2.05) is 12.3 Å². The van der Waals surface area contributed by atoms with Gasteiger partial charge in [0.2, 0.25) is 0 Å². The maximum absolute atomic E-state index is 6.23. The first kappa shape index (κ1) is 14.4. The average Bonchev–Trinajstić information content (AvgIpc) is 2.47. The molecule has 3 aromatic rings. The molecule has 106 valence electrons. The molecule has 0 saturated carbocycles. The maximum Gasteiger partial charge on any atom is 0.189 e. The fraction of sp³-hybridized carbons (Fsp3) is 0.0714. The number of fused-ring (bicyclic) bond motifs is 1. The summed E-state index contributed by atoms with van der Waals surface area (Å²) in [5, 5.41) is 2.49. The van der Waals surface area contributed by atoms with Gasteiger partial charge in [-0.3, -0.25) is 0 Å². The van der Waals surface area contributed by atoms with Crippen LogP contribution in [0.5, 0.6) is 0 Å². The summed E-state index contributed by atoms with van der Waals surface area (Å²) in [5.74, 6) is 0.336. The van der Waals surface area contributed by atoms with Crippen molar-refractivity contribution in [3.05, 3.63) is 40.5 Å². The Labute approximate surface area is 135 Å². The second-order valence-electron chi connectivity index (χ2n) is 4.29. The first-order chi connectivity index (χ1) is 10.1. The molecular formula is C14H10Cl2N4S. The number of aromatic nitrogens is 3. The Hall–Kier alpha value is -1.56. The third-order valence-corrected chi connectivity index (χ3v) is 4.18. The van der Waals surface area contributed by atoms with Crippen molar-refractivity contribution >= 4 is 51.8 Å². The third kappa shape index (κ3) is 2.64. The van der Waals surface area contributed by atoms with Crippen LogP contribution in [0, 0.1) is 0 Å². The van der Waals surface area contributed by atoms with E-state index in [0.29, 0.717) is 37.8 Å². The molecule has 0 amide bonds. The Kier molecular flexibility index (Phi) is 3.89. The van der Waals surface area contributed by atoms with Crippen LogP contribution in [0.15, 0.2) is 35.6 Å². The quantitative estimate of drug-likeness (QED) is 0.558. The molecule has 0 aliphatic carbocycles. The summed E-state index contributed by atoms with van der Waals surface area (Å²) in [6.07, 6.45) is 3.62. The molecule has 0 bridgehead atoms. The van der Waals surface area contributed by atoms with Crippen molar-refractivity contribution in [3.63, 3.8) is 0 Å². The molecule has 7 heteroatoms. The predicted molar refractivity (Wildman–Crippen MR) is 89.0 cm³/mol. The minimum Gasteiger partial charge on any atom is -0.383 e. The Morgan fingerprint density at radius 1 is 1.14 bits per heavy atom. The zero-order chi connectivity index (χ0) is 15.0. The van der Waals surface area contributed by atoms with Crippen LogP contribution in [-0.2, 0) is 0 Å². The molecule has 0 spiro atoms. The zero-order valence-electron chi connectivity index (χ0n) is 11.0. The smallest absolute Gasteiger partial charge is 0.189 e. The number of nitrogens with two attached hydrogens (primary N) is 1. The van der Waals surface area contributed by atoms with Gasteiger partial charge in [0.1, 0.15) is 5.82 Å². The highest BCUT2D eigenvalue weighted by Gasteiger charge is 2.14. The number of halogens is 2. The lowest BCUT2D eigenvalue weighted by Gasteiger charge is -2.10. The molecule has 0 radical (unpaired) electrons. The standard InChI is InChI=1S/C14H10Cl2N4S/c1-21-14-18-6-7-5-8(12(17)19-13(7)20-14)11-9(15)3-2-4-10(11)16/h2-6H,1H3,(H2,17,18,19,20). The van der Waals surface area contributed by atoms with Gasteiger partial charge in [0.05, 0.1) is 10.0 Å². The highest BCUT2D eigenvalue weighted by atomic mass is 35.5. The summed E-state index contributed by atoms with van der Waals surface area (Å²) in [4.78, 5) is 12.9. The SMILES string of the molecule is CSc1ncc2cc(-c3c(Cl)cccc3Cl)c(N)nc2n1. The van der Waals surface area contributed by atoms with Crippen LogP contribution in [0.4, 0.5) is 5.82 Å². The number of anilines is 1. The second-order valence-corrected chi connectivity index (χ2v) is 5.88. The Morgan fingerprint density at radius 3 is 2.52 bits per heavy atom. The van der Waals surface area contributed by atoms with Crippen molar-refractivity contribution in [3.8, 4) is 11.1 Å². The van der Waals surface area contributed by atoms with E-state index in [-0.39, 0.29) is 0 Å². The second kappa shape index (κ2) is 5.67. The molecule has 21 heavy (non-hydrogen) atoms. The lowest BCUT2D eigenvalue weighted by Crippen LogP contribution is -1.98. The van der Waals surface area contributed by atoms with Crippen LogP contribution in [-0.4, -0.2) is 21.2 Å². The van der Waals surface area contributed by atoms with Crippen molar-refractivity contribution in [1.82, 2.24) is 15.0 Å². The van der Waals surface area contributed by atoms with Gasteiger partial charge in [0, 0.05) is 22.7 Å². The van der Waals surface area contributed by atoms with Crippen molar-refractivity contribution in [2.24, 2.45) is 0 Å². The molecule has 0 saturated heterocycles. The summed E-state index contributed by atoms with van der Waals surface area (Å²) in [7, 11) is 0. The molecule has 0 fully saturated rings. The molecule has 3 rings (SSSR count). The van der Waals surface area contributed by atoms with Crippen molar-refractivity contribution in [2.45, 2.75) is 5.16 Å². The van der Waals surface area contributed by atoms with E-state index in [9.17, 15) is 0 Å². The van der Waals surface area contributed by atoms with Gasteiger partial charge in [-0.15, -0.1) is 0 Å². The Bertz CT molecular complexity index is 818. The molecule has 4 nitrogen and oxygen atoms in total. The lowest BCUT2D eigenvalue weighted by atomic mass is 10.1. The number of hydrogen-bond donors (Lipinski definition) is 1. The summed E-state index contributed by atoms with van der Waals surface area (Å²) >= 11 is 13.9. The van der Waals surface area contributed by atoms with Crippen LogP contribution in [0.25, 0.3) is 22.2 Å². The molecule has 0 aliphatic rings. The molecular weight excluding hydrogens is 327 g/mol. The van der Waals surface area contributed by atoms with E-state index in [1.54, 1.807) is 24.4 Å². The van der Waals surface area contributed by atoms with Gasteiger partial charge in [-0.25, -0.2) is 15.0 Å². The maximum atomic E-state index is 6.23. The molecule has 0 aliphatic heterocycles. The zero-order valence-corrected chi connectivity index (χ0v) is 13.3. The topological polar surface area (TPSA) is 64.7 Å². The van der Waals surface area contributed by atoms with E-state index in [1.165, 1.54) is 11.8 Å². The lowest BCUT2D eigenvalue weighted by molar-refractivity contribution is 0.993. The van der Waals surface area contributed by atoms with Gasteiger partial charge in [-0.1, -0.05) is 41.0 Å².